The van der Waals surface area contributed by atoms with Gasteiger partial charge in [0.15, 0.2) is 12.2 Å². The van der Waals surface area contributed by atoms with Crippen LogP contribution in [0.3, 0.4) is 0 Å². The van der Waals surface area contributed by atoms with Gasteiger partial charge >= 0.3 is 12.3 Å². The van der Waals surface area contributed by atoms with Crippen LogP contribution in [0.15, 0.2) is 36.6 Å². The molecule has 3 rings (SSSR count). The van der Waals surface area contributed by atoms with Crippen LogP contribution in [0, 0.1) is 6.92 Å². The number of benzene rings is 1. The molecule has 0 aliphatic carbocycles. The third kappa shape index (κ3) is 5.16. The van der Waals surface area contributed by atoms with E-state index in [1.165, 1.54) is 0 Å². The molecule has 0 amide bonds. The topological polar surface area (TPSA) is 89.5 Å². The Labute approximate surface area is 156 Å². The zero-order chi connectivity index (χ0) is 19.2. The number of carbonyl (C=O) groups excluding carboxylic acids is 2. The fourth-order valence-corrected chi connectivity index (χ4v) is 2.49. The van der Waals surface area contributed by atoms with Crippen molar-refractivity contribution in [2.75, 3.05) is 26.4 Å². The van der Waals surface area contributed by atoms with Gasteiger partial charge < -0.3 is 28.4 Å². The second kappa shape index (κ2) is 8.48. The van der Waals surface area contributed by atoms with E-state index in [0.717, 1.165) is 11.1 Å². The van der Waals surface area contributed by atoms with Crippen molar-refractivity contribution in [2.45, 2.75) is 19.1 Å². The van der Waals surface area contributed by atoms with Crippen LogP contribution in [0.25, 0.3) is 6.08 Å². The molecule has 0 radical (unpaired) electrons. The van der Waals surface area contributed by atoms with Crippen molar-refractivity contribution >= 4 is 18.4 Å². The molecular formula is C19H20O8. The van der Waals surface area contributed by atoms with Crippen LogP contribution < -0.4 is 4.74 Å². The number of aryl methyl sites for hydroxylation is 1. The number of hydrogen-bond donors (Lipinski definition) is 0. The first-order chi connectivity index (χ1) is 13.0. The molecular weight excluding hydrogens is 356 g/mol. The van der Waals surface area contributed by atoms with Crippen LogP contribution in [-0.4, -0.2) is 50.9 Å². The SMILES string of the molecule is C=C(/C=C\c1c(C)cccc1OCC1COC(=O)O1)OCC1COC(=O)O1. The van der Waals surface area contributed by atoms with Crippen LogP contribution in [-0.2, 0) is 23.7 Å². The molecule has 2 unspecified atom stereocenters. The molecule has 2 aliphatic heterocycles. The molecule has 2 saturated heterocycles. The van der Waals surface area contributed by atoms with Crippen molar-refractivity contribution in [1.29, 1.82) is 0 Å². The molecule has 0 N–H and O–H groups in total. The lowest BCUT2D eigenvalue weighted by Gasteiger charge is -2.13. The second-order valence-electron chi connectivity index (χ2n) is 6.01. The lowest BCUT2D eigenvalue weighted by atomic mass is 10.1. The molecule has 2 aliphatic rings. The number of allylic oxidation sites excluding steroid dienone is 1. The molecule has 144 valence electrons. The monoisotopic (exact) mass is 376 g/mol. The molecule has 8 heteroatoms. The Kier molecular flexibility index (Phi) is 5.85. The van der Waals surface area contributed by atoms with Crippen LogP contribution >= 0.6 is 0 Å². The Hall–Kier alpha value is -3.16. The highest BCUT2D eigenvalue weighted by molar-refractivity contribution is 5.63. The smallest absolute Gasteiger partial charge is 0.490 e. The number of cyclic esters (lactones) is 4. The maximum absolute atomic E-state index is 11.0. The van der Waals surface area contributed by atoms with Crippen LogP contribution in [0.2, 0.25) is 0 Å². The zero-order valence-electron chi connectivity index (χ0n) is 14.8. The summed E-state index contributed by atoms with van der Waals surface area (Å²) >= 11 is 0. The summed E-state index contributed by atoms with van der Waals surface area (Å²) in [6, 6.07) is 5.65. The van der Waals surface area contributed by atoms with Gasteiger partial charge in [0.25, 0.3) is 0 Å². The molecule has 0 saturated carbocycles. The molecule has 0 bridgehead atoms. The fraction of sp³-hybridized carbons (Fsp3) is 0.368. The molecule has 2 heterocycles. The summed E-state index contributed by atoms with van der Waals surface area (Å²) in [5.41, 5.74) is 1.84. The van der Waals surface area contributed by atoms with E-state index in [4.69, 9.17) is 23.7 Å². The minimum atomic E-state index is -0.690. The summed E-state index contributed by atoms with van der Waals surface area (Å²) in [5, 5.41) is 0. The molecule has 2 atom stereocenters. The van der Waals surface area contributed by atoms with Gasteiger partial charge in [0.05, 0.1) is 0 Å². The summed E-state index contributed by atoms with van der Waals surface area (Å²) < 4.78 is 30.5. The molecule has 0 aromatic heterocycles. The van der Waals surface area contributed by atoms with Crippen molar-refractivity contribution in [1.82, 2.24) is 0 Å². The number of rotatable bonds is 8. The molecule has 1 aromatic rings. The van der Waals surface area contributed by atoms with Crippen LogP contribution in [0.1, 0.15) is 11.1 Å². The number of carbonyl (C=O) groups is 2. The molecule has 0 spiro atoms. The van der Waals surface area contributed by atoms with Crippen molar-refractivity contribution in [3.63, 3.8) is 0 Å². The fourth-order valence-electron chi connectivity index (χ4n) is 2.49. The Bertz CT molecular complexity index is 754. The highest BCUT2D eigenvalue weighted by atomic mass is 16.8. The van der Waals surface area contributed by atoms with Gasteiger partial charge in [-0.05, 0) is 30.7 Å². The van der Waals surface area contributed by atoms with Gasteiger partial charge in [-0.25, -0.2) is 9.59 Å². The predicted molar refractivity (Wildman–Crippen MR) is 93.2 cm³/mol. The van der Waals surface area contributed by atoms with E-state index >= 15 is 0 Å². The van der Waals surface area contributed by atoms with Gasteiger partial charge in [-0.2, -0.15) is 0 Å². The van der Waals surface area contributed by atoms with Gasteiger partial charge in [-0.3, -0.25) is 0 Å². The standard InChI is InChI=1S/C19H20O8/c1-12-4-3-5-17(23-9-15-11-25-19(21)27-15)16(12)7-6-13(2)22-8-14-10-24-18(20)26-14/h3-7,14-15H,2,8-11H2,1H3/b7-6-. The maximum atomic E-state index is 11.0. The first-order valence-corrected chi connectivity index (χ1v) is 8.40. The average molecular weight is 376 g/mol. The van der Waals surface area contributed by atoms with E-state index in [0.29, 0.717) is 11.5 Å². The average Bonchev–Trinajstić information content (AvgIpc) is 3.25. The van der Waals surface area contributed by atoms with E-state index in [2.05, 4.69) is 11.3 Å². The molecule has 27 heavy (non-hydrogen) atoms. The first kappa shape index (κ1) is 18.6. The Balaban J connectivity index is 1.56. The normalized spacial score (nSPS) is 21.4. The van der Waals surface area contributed by atoms with E-state index < -0.39 is 24.5 Å². The van der Waals surface area contributed by atoms with Crippen molar-refractivity contribution in [3.05, 3.63) is 47.7 Å². The largest absolute Gasteiger partial charge is 0.508 e. The van der Waals surface area contributed by atoms with Crippen LogP contribution in [0.5, 0.6) is 5.75 Å². The van der Waals surface area contributed by atoms with Gasteiger partial charge in [-0.15, -0.1) is 0 Å². The lowest BCUT2D eigenvalue weighted by Crippen LogP contribution is -2.20. The highest BCUT2D eigenvalue weighted by Gasteiger charge is 2.26. The third-order valence-corrected chi connectivity index (χ3v) is 3.90. The van der Waals surface area contributed by atoms with E-state index in [1.807, 2.05) is 31.2 Å². The Morgan fingerprint density at radius 3 is 2.44 bits per heavy atom. The summed E-state index contributed by atoms with van der Waals surface area (Å²) in [7, 11) is 0. The quantitative estimate of drug-likeness (QED) is 0.389. The van der Waals surface area contributed by atoms with E-state index in [1.54, 1.807) is 6.08 Å². The molecule has 1 aromatic carbocycles. The van der Waals surface area contributed by atoms with Crippen LogP contribution in [0.4, 0.5) is 9.59 Å². The predicted octanol–water partition coefficient (Wildman–Crippen LogP) is 2.99. The van der Waals surface area contributed by atoms with Gasteiger partial charge in [0.1, 0.15) is 37.9 Å². The zero-order valence-corrected chi connectivity index (χ0v) is 14.8. The van der Waals surface area contributed by atoms with Gasteiger partial charge in [0, 0.05) is 5.56 Å². The second-order valence-corrected chi connectivity index (χ2v) is 6.01. The maximum Gasteiger partial charge on any atom is 0.508 e. The van der Waals surface area contributed by atoms with E-state index in [9.17, 15) is 9.59 Å². The number of ether oxygens (including phenoxy) is 6. The minimum Gasteiger partial charge on any atom is -0.490 e. The Morgan fingerprint density at radius 1 is 1.15 bits per heavy atom. The van der Waals surface area contributed by atoms with Gasteiger partial charge in [0.2, 0.25) is 0 Å². The Morgan fingerprint density at radius 2 is 1.81 bits per heavy atom. The summed E-state index contributed by atoms with van der Waals surface area (Å²) in [5.74, 6) is 1.05. The highest BCUT2D eigenvalue weighted by Crippen LogP contribution is 2.25. The molecule has 2 fully saturated rings. The van der Waals surface area contributed by atoms with Crippen molar-refractivity contribution in [3.8, 4) is 5.75 Å². The summed E-state index contributed by atoms with van der Waals surface area (Å²) in [4.78, 5) is 21.8. The first-order valence-electron chi connectivity index (χ1n) is 8.40. The summed E-state index contributed by atoms with van der Waals surface area (Å²) in [6.07, 6.45) is 1.29. The lowest BCUT2D eigenvalue weighted by molar-refractivity contribution is 0.0797. The van der Waals surface area contributed by atoms with Crippen molar-refractivity contribution in [2.24, 2.45) is 0 Å². The minimum absolute atomic E-state index is 0.166. The van der Waals surface area contributed by atoms with E-state index in [-0.39, 0.29) is 26.4 Å². The van der Waals surface area contributed by atoms with Crippen molar-refractivity contribution < 1.29 is 38.0 Å². The summed E-state index contributed by atoms with van der Waals surface area (Å²) in [6.45, 7) is 6.47. The third-order valence-electron chi connectivity index (χ3n) is 3.90. The molecule has 8 nitrogen and oxygen atoms in total. The number of hydrogen-bond acceptors (Lipinski definition) is 8. The van der Waals surface area contributed by atoms with Gasteiger partial charge in [-0.1, -0.05) is 18.7 Å².